The van der Waals surface area contributed by atoms with Crippen LogP contribution in [-0.2, 0) is 0 Å². The summed E-state index contributed by atoms with van der Waals surface area (Å²) in [5, 5.41) is 0. The van der Waals surface area contributed by atoms with Crippen molar-refractivity contribution >= 4 is 0 Å². The Labute approximate surface area is 81.3 Å². The maximum absolute atomic E-state index is 2.62. The van der Waals surface area contributed by atoms with E-state index in [0.29, 0.717) is 0 Å². The van der Waals surface area contributed by atoms with Crippen LogP contribution in [0, 0.1) is 0 Å². The van der Waals surface area contributed by atoms with Gasteiger partial charge >= 0.3 is 0 Å². The predicted octanol–water partition coefficient (Wildman–Crippen LogP) is 0.633. The van der Waals surface area contributed by atoms with Crippen LogP contribution in [0.3, 0.4) is 0 Å². The van der Waals surface area contributed by atoms with E-state index in [1.54, 1.807) is 0 Å². The summed E-state index contributed by atoms with van der Waals surface area (Å²) in [5.41, 5.74) is 0. The molecule has 1 unspecified atom stereocenters. The van der Waals surface area contributed by atoms with Crippen molar-refractivity contribution < 1.29 is 0 Å². The van der Waals surface area contributed by atoms with Crippen molar-refractivity contribution in [2.45, 2.75) is 25.3 Å². The van der Waals surface area contributed by atoms with Crippen LogP contribution in [0.25, 0.3) is 0 Å². The zero-order valence-electron chi connectivity index (χ0n) is 8.87. The zero-order valence-corrected chi connectivity index (χ0v) is 8.87. The summed E-state index contributed by atoms with van der Waals surface area (Å²) in [6.45, 7) is 4.88. The largest absolute Gasteiger partial charge is 0.293 e. The van der Waals surface area contributed by atoms with Gasteiger partial charge in [0, 0.05) is 12.6 Å². The average Bonchev–Trinajstić information content (AvgIpc) is 2.25. The van der Waals surface area contributed by atoms with Gasteiger partial charge in [0.1, 0.15) is 0 Å². The summed E-state index contributed by atoms with van der Waals surface area (Å²) in [6.07, 6.45) is 4.14. The minimum atomic E-state index is 0.862. The first-order chi connectivity index (χ1) is 6.25. The Morgan fingerprint density at radius 3 is 2.38 bits per heavy atom. The van der Waals surface area contributed by atoms with Crippen molar-refractivity contribution in [2.75, 3.05) is 40.5 Å². The first-order valence-electron chi connectivity index (χ1n) is 5.37. The van der Waals surface area contributed by atoms with Crippen molar-refractivity contribution in [1.82, 2.24) is 14.7 Å². The van der Waals surface area contributed by atoms with Crippen molar-refractivity contribution in [1.29, 1.82) is 0 Å². The predicted molar refractivity (Wildman–Crippen MR) is 54.5 cm³/mol. The lowest BCUT2D eigenvalue weighted by molar-refractivity contribution is 0.0284. The average molecular weight is 183 g/mol. The maximum atomic E-state index is 2.62. The summed E-state index contributed by atoms with van der Waals surface area (Å²) in [5.74, 6) is 0. The lowest BCUT2D eigenvalue weighted by atomic mass is 10.1. The first-order valence-corrected chi connectivity index (χ1v) is 5.37. The van der Waals surface area contributed by atoms with Gasteiger partial charge in [-0.05, 0) is 39.9 Å². The highest BCUT2D eigenvalue weighted by Gasteiger charge is 2.27. The summed E-state index contributed by atoms with van der Waals surface area (Å²) in [6, 6.07) is 0.862. The number of hydrogen-bond donors (Lipinski definition) is 0. The fraction of sp³-hybridized carbons (Fsp3) is 1.00. The minimum Gasteiger partial charge on any atom is -0.293 e. The van der Waals surface area contributed by atoms with Gasteiger partial charge in [-0.25, -0.2) is 0 Å². The molecule has 0 aromatic rings. The topological polar surface area (TPSA) is 9.72 Å². The van der Waals surface area contributed by atoms with Crippen LogP contribution in [0.2, 0.25) is 0 Å². The molecule has 2 aliphatic rings. The molecule has 3 heteroatoms. The number of rotatable bonds is 0. The molecule has 0 radical (unpaired) electrons. The van der Waals surface area contributed by atoms with E-state index in [9.17, 15) is 0 Å². The van der Waals surface area contributed by atoms with Crippen molar-refractivity contribution in [3.05, 3.63) is 0 Å². The van der Waals surface area contributed by atoms with E-state index >= 15 is 0 Å². The fourth-order valence-corrected chi connectivity index (χ4v) is 2.51. The van der Waals surface area contributed by atoms with E-state index < -0.39 is 0 Å². The lowest BCUT2D eigenvalue weighted by Crippen LogP contribution is -2.50. The molecule has 2 rings (SSSR count). The van der Waals surface area contributed by atoms with Crippen LogP contribution in [0.1, 0.15) is 19.3 Å². The van der Waals surface area contributed by atoms with Crippen molar-refractivity contribution in [3.63, 3.8) is 0 Å². The number of hydrogen-bond acceptors (Lipinski definition) is 3. The van der Waals surface area contributed by atoms with Gasteiger partial charge in [0.15, 0.2) is 0 Å². The van der Waals surface area contributed by atoms with Crippen molar-refractivity contribution in [2.24, 2.45) is 0 Å². The van der Waals surface area contributed by atoms with Gasteiger partial charge in [-0.1, -0.05) is 0 Å². The summed E-state index contributed by atoms with van der Waals surface area (Å²) in [7, 11) is 4.46. The monoisotopic (exact) mass is 183 g/mol. The molecule has 0 aliphatic carbocycles. The highest BCUT2D eigenvalue weighted by atomic mass is 15.4. The van der Waals surface area contributed by atoms with Crippen molar-refractivity contribution in [3.8, 4) is 0 Å². The molecule has 2 saturated heterocycles. The lowest BCUT2D eigenvalue weighted by Gasteiger charge is -2.39. The first kappa shape index (κ1) is 9.44. The Hall–Kier alpha value is -0.120. The van der Waals surface area contributed by atoms with Crippen LogP contribution in [0.15, 0.2) is 0 Å². The molecule has 1 atom stereocenters. The van der Waals surface area contributed by atoms with Crippen LogP contribution in [-0.4, -0.2) is 61.3 Å². The molecule has 2 fully saturated rings. The molecule has 13 heavy (non-hydrogen) atoms. The summed E-state index contributed by atoms with van der Waals surface area (Å²) >= 11 is 0. The maximum Gasteiger partial charge on any atom is 0.0518 e. The quantitative estimate of drug-likeness (QED) is 0.545. The SMILES string of the molecule is CN1CCCC2CCN(C)CN2C1. The molecule has 0 bridgehead atoms. The zero-order chi connectivity index (χ0) is 9.26. The second-order valence-corrected chi connectivity index (χ2v) is 4.62. The van der Waals surface area contributed by atoms with Crippen LogP contribution < -0.4 is 0 Å². The fourth-order valence-electron chi connectivity index (χ4n) is 2.51. The van der Waals surface area contributed by atoms with Gasteiger partial charge in [-0.3, -0.25) is 14.7 Å². The summed E-state index contributed by atoms with van der Waals surface area (Å²) < 4.78 is 0. The number of fused-ring (bicyclic) bond motifs is 1. The molecule has 3 nitrogen and oxygen atoms in total. The Balaban J connectivity index is 1.98. The third kappa shape index (κ3) is 2.22. The molecule has 2 heterocycles. The van der Waals surface area contributed by atoms with E-state index in [1.165, 1.54) is 32.4 Å². The highest BCUT2D eigenvalue weighted by Crippen LogP contribution is 2.20. The molecule has 0 aromatic heterocycles. The molecule has 0 N–H and O–H groups in total. The van der Waals surface area contributed by atoms with Gasteiger partial charge in [0.05, 0.1) is 13.3 Å². The van der Waals surface area contributed by atoms with Gasteiger partial charge < -0.3 is 0 Å². The minimum absolute atomic E-state index is 0.862. The van der Waals surface area contributed by atoms with Gasteiger partial charge in [-0.15, -0.1) is 0 Å². The van der Waals surface area contributed by atoms with E-state index in [0.717, 1.165) is 19.4 Å². The Bertz CT molecular complexity index is 170. The van der Waals surface area contributed by atoms with Gasteiger partial charge in [0.25, 0.3) is 0 Å². The molecular weight excluding hydrogens is 162 g/mol. The molecule has 0 spiro atoms. The smallest absolute Gasteiger partial charge is 0.0518 e. The Morgan fingerprint density at radius 2 is 1.62 bits per heavy atom. The Morgan fingerprint density at radius 1 is 0.923 bits per heavy atom. The van der Waals surface area contributed by atoms with Gasteiger partial charge in [0.2, 0.25) is 0 Å². The molecule has 0 aromatic carbocycles. The third-order valence-corrected chi connectivity index (χ3v) is 3.28. The van der Waals surface area contributed by atoms with E-state index in [4.69, 9.17) is 0 Å². The molecule has 0 saturated carbocycles. The van der Waals surface area contributed by atoms with Crippen LogP contribution >= 0.6 is 0 Å². The highest BCUT2D eigenvalue weighted by molar-refractivity contribution is 4.80. The van der Waals surface area contributed by atoms with E-state index in [-0.39, 0.29) is 0 Å². The molecular formula is C10H21N3. The molecule has 76 valence electrons. The van der Waals surface area contributed by atoms with E-state index in [2.05, 4.69) is 28.8 Å². The van der Waals surface area contributed by atoms with Crippen LogP contribution in [0.4, 0.5) is 0 Å². The second-order valence-electron chi connectivity index (χ2n) is 4.62. The normalized spacial score (nSPS) is 34.2. The Kier molecular flexibility index (Phi) is 2.86. The second kappa shape index (κ2) is 3.95. The molecule has 0 amide bonds. The van der Waals surface area contributed by atoms with Gasteiger partial charge in [-0.2, -0.15) is 0 Å². The van der Waals surface area contributed by atoms with E-state index in [1.807, 2.05) is 0 Å². The van der Waals surface area contributed by atoms with Crippen LogP contribution in [0.5, 0.6) is 0 Å². The number of nitrogens with zero attached hydrogens (tertiary/aromatic N) is 3. The standard InChI is InChI=1S/C10H21N3/c1-11-6-3-4-10-5-7-12(2)9-13(10)8-11/h10H,3-9H2,1-2H3. The summed E-state index contributed by atoms with van der Waals surface area (Å²) in [4.78, 5) is 7.49. The molecule has 2 aliphatic heterocycles. The third-order valence-electron chi connectivity index (χ3n) is 3.28.